The van der Waals surface area contributed by atoms with Gasteiger partial charge in [0.1, 0.15) is 24.8 Å². The molecule has 0 saturated carbocycles. The van der Waals surface area contributed by atoms with Crippen LogP contribution in [0.25, 0.3) is 0 Å². The second-order valence-electron chi connectivity index (χ2n) is 7.10. The summed E-state index contributed by atoms with van der Waals surface area (Å²) in [6.07, 6.45) is 0. The molecule has 1 heterocycles. The first kappa shape index (κ1) is 20.9. The molecule has 0 saturated heterocycles. The van der Waals surface area contributed by atoms with E-state index in [9.17, 15) is 13.2 Å². The van der Waals surface area contributed by atoms with E-state index in [0.717, 1.165) is 5.56 Å². The lowest BCUT2D eigenvalue weighted by Gasteiger charge is -2.16. The molecule has 0 fully saturated rings. The minimum atomic E-state index is -3.66. The Kier molecular flexibility index (Phi) is 6.22. The van der Waals surface area contributed by atoms with E-state index in [4.69, 9.17) is 9.47 Å². The van der Waals surface area contributed by atoms with Crippen LogP contribution in [0.2, 0.25) is 0 Å². The van der Waals surface area contributed by atoms with Crippen LogP contribution < -0.4 is 9.46 Å². The summed E-state index contributed by atoms with van der Waals surface area (Å²) in [6, 6.07) is 13.3. The van der Waals surface area contributed by atoms with Crippen molar-refractivity contribution in [3.05, 3.63) is 59.7 Å². The van der Waals surface area contributed by atoms with Crippen LogP contribution in [0.4, 0.5) is 0 Å². The van der Waals surface area contributed by atoms with Crippen LogP contribution in [0.1, 0.15) is 25.0 Å². The van der Waals surface area contributed by atoms with Crippen molar-refractivity contribution in [3.63, 3.8) is 0 Å². The van der Waals surface area contributed by atoms with E-state index in [2.05, 4.69) is 9.71 Å². The van der Waals surface area contributed by atoms with Crippen LogP contribution >= 0.6 is 0 Å². The maximum absolute atomic E-state index is 12.5. The minimum absolute atomic E-state index is 0.0725. The highest BCUT2D eigenvalue weighted by Gasteiger charge is 2.33. The van der Waals surface area contributed by atoms with Gasteiger partial charge < -0.3 is 9.47 Å². The molecule has 0 aromatic heterocycles. The molecule has 29 heavy (non-hydrogen) atoms. The number of amidine groups is 1. The number of aryl methyl sites for hydroxylation is 1. The normalized spacial score (nSPS) is 16.9. The van der Waals surface area contributed by atoms with Gasteiger partial charge in [0, 0.05) is 5.56 Å². The number of rotatable bonds is 7. The van der Waals surface area contributed by atoms with Gasteiger partial charge in [-0.25, -0.2) is 13.2 Å². The van der Waals surface area contributed by atoms with Crippen molar-refractivity contribution in [1.82, 2.24) is 4.72 Å². The monoisotopic (exact) mass is 416 g/mol. The number of nitrogens with zero attached hydrogens (tertiary/aromatic N) is 1. The number of nitrogens with one attached hydrogen (secondary N) is 1. The number of carbonyl (C=O) groups excluding carboxylic acids is 1. The number of ether oxygens (including phenoxy) is 2. The predicted molar refractivity (Wildman–Crippen MR) is 110 cm³/mol. The molecule has 7 nitrogen and oxygen atoms in total. The van der Waals surface area contributed by atoms with Crippen molar-refractivity contribution in [3.8, 4) is 5.75 Å². The molecule has 3 rings (SSSR count). The topological polar surface area (TPSA) is 94.1 Å². The molecule has 154 valence electrons. The number of esters is 1. The van der Waals surface area contributed by atoms with Gasteiger partial charge in [0.15, 0.2) is 6.04 Å². The Morgan fingerprint density at radius 2 is 1.76 bits per heavy atom. The van der Waals surface area contributed by atoms with Crippen molar-refractivity contribution in [2.45, 2.75) is 31.7 Å². The molecule has 8 heteroatoms. The fraction of sp³-hybridized carbons (Fsp3) is 0.333. The van der Waals surface area contributed by atoms with E-state index in [1.54, 1.807) is 18.2 Å². The largest absolute Gasteiger partial charge is 0.490 e. The van der Waals surface area contributed by atoms with Crippen molar-refractivity contribution in [2.24, 2.45) is 10.9 Å². The summed E-state index contributed by atoms with van der Waals surface area (Å²) in [5.41, 5.74) is 1.58. The number of benzene rings is 2. The molecular formula is C21H24N2O5S. The number of hydrogen-bond acceptors (Lipinski definition) is 6. The summed E-state index contributed by atoms with van der Waals surface area (Å²) < 4.78 is 37.7. The standard InChI is InChI=1S/C21H24N2O5S/c1-14(2)19(21(24)28-13-12-27-16-10-8-15(3)9-11-16)22-20-17-6-4-5-7-18(17)29(25,26)23-20/h4-11,14,19H,12-13H2,1-3H3,(H,22,23)/t19-/m0/s1. The fourth-order valence-corrected chi connectivity index (χ4v) is 4.10. The highest BCUT2D eigenvalue weighted by molar-refractivity contribution is 7.90. The highest BCUT2D eigenvalue weighted by atomic mass is 32.2. The lowest BCUT2D eigenvalue weighted by Crippen LogP contribution is -2.32. The third kappa shape index (κ3) is 4.95. The number of sulfonamides is 1. The Balaban J connectivity index is 1.65. The van der Waals surface area contributed by atoms with Crippen LogP contribution in [-0.2, 0) is 19.6 Å². The molecule has 2 aromatic rings. The molecule has 2 aromatic carbocycles. The predicted octanol–water partition coefficient (Wildman–Crippen LogP) is 2.68. The number of fused-ring (bicyclic) bond motifs is 1. The van der Waals surface area contributed by atoms with Gasteiger partial charge in [-0.1, -0.05) is 43.7 Å². The zero-order chi connectivity index (χ0) is 21.0. The summed E-state index contributed by atoms with van der Waals surface area (Å²) in [6.45, 7) is 5.93. The van der Waals surface area contributed by atoms with E-state index in [0.29, 0.717) is 11.3 Å². The van der Waals surface area contributed by atoms with Crippen LogP contribution in [0, 0.1) is 12.8 Å². The second-order valence-corrected chi connectivity index (χ2v) is 8.75. The van der Waals surface area contributed by atoms with E-state index < -0.39 is 22.0 Å². The number of aliphatic imine (C=N–C) groups is 1. The average Bonchev–Trinajstić information content (AvgIpc) is 2.95. The minimum Gasteiger partial charge on any atom is -0.490 e. The molecule has 0 spiro atoms. The van der Waals surface area contributed by atoms with Gasteiger partial charge in [0.25, 0.3) is 10.0 Å². The van der Waals surface area contributed by atoms with Crippen molar-refractivity contribution in [2.75, 3.05) is 13.2 Å². The van der Waals surface area contributed by atoms with Crippen LogP contribution in [0.15, 0.2) is 58.4 Å². The smallest absolute Gasteiger partial charge is 0.331 e. The summed E-state index contributed by atoms with van der Waals surface area (Å²) in [5, 5.41) is 0. The third-order valence-corrected chi connectivity index (χ3v) is 5.82. The summed E-state index contributed by atoms with van der Waals surface area (Å²) >= 11 is 0. The Labute approximate surface area is 170 Å². The highest BCUT2D eigenvalue weighted by Crippen LogP contribution is 2.23. The lowest BCUT2D eigenvalue weighted by atomic mass is 10.1. The molecule has 0 amide bonds. The van der Waals surface area contributed by atoms with Gasteiger partial charge in [0.05, 0.1) is 4.90 Å². The number of hydrogen-bond donors (Lipinski definition) is 1. The van der Waals surface area contributed by atoms with E-state index in [-0.39, 0.29) is 29.9 Å². The maximum atomic E-state index is 12.5. The SMILES string of the molecule is Cc1ccc(OCCOC(=O)[C@@H](N=C2NS(=O)(=O)c3ccccc32)C(C)C)cc1. The Bertz CT molecular complexity index is 1010. The van der Waals surface area contributed by atoms with Gasteiger partial charge in [-0.15, -0.1) is 0 Å². The first-order valence-electron chi connectivity index (χ1n) is 9.34. The van der Waals surface area contributed by atoms with Gasteiger partial charge >= 0.3 is 5.97 Å². The van der Waals surface area contributed by atoms with Gasteiger partial charge in [-0.2, -0.15) is 0 Å². The van der Waals surface area contributed by atoms with Gasteiger partial charge in [-0.05, 0) is 37.1 Å². The molecule has 0 radical (unpaired) electrons. The molecule has 0 aliphatic carbocycles. The molecule has 0 bridgehead atoms. The zero-order valence-electron chi connectivity index (χ0n) is 16.6. The second kappa shape index (κ2) is 8.65. The fourth-order valence-electron chi connectivity index (χ4n) is 2.86. The molecular weight excluding hydrogens is 392 g/mol. The summed E-state index contributed by atoms with van der Waals surface area (Å²) in [5.74, 6) is 0.158. The first-order valence-corrected chi connectivity index (χ1v) is 10.8. The Hall–Kier alpha value is -2.87. The van der Waals surface area contributed by atoms with Crippen molar-refractivity contribution in [1.29, 1.82) is 0 Å². The van der Waals surface area contributed by atoms with Crippen molar-refractivity contribution < 1.29 is 22.7 Å². The molecule has 1 N–H and O–H groups in total. The average molecular weight is 416 g/mol. The number of carbonyl (C=O) groups is 1. The van der Waals surface area contributed by atoms with Crippen molar-refractivity contribution >= 4 is 21.8 Å². The molecule has 0 unspecified atom stereocenters. The van der Waals surface area contributed by atoms with E-state index in [1.807, 2.05) is 45.0 Å². The molecule has 1 atom stereocenters. The lowest BCUT2D eigenvalue weighted by molar-refractivity contribution is -0.146. The maximum Gasteiger partial charge on any atom is 0.331 e. The van der Waals surface area contributed by atoms with Gasteiger partial charge in [-0.3, -0.25) is 9.71 Å². The Morgan fingerprint density at radius 3 is 2.45 bits per heavy atom. The molecule has 1 aliphatic rings. The van der Waals surface area contributed by atoms with Crippen LogP contribution in [-0.4, -0.2) is 39.5 Å². The van der Waals surface area contributed by atoms with E-state index >= 15 is 0 Å². The van der Waals surface area contributed by atoms with Crippen LogP contribution in [0.5, 0.6) is 5.75 Å². The van der Waals surface area contributed by atoms with Gasteiger partial charge in [0.2, 0.25) is 0 Å². The summed E-state index contributed by atoms with van der Waals surface area (Å²) in [7, 11) is -3.66. The zero-order valence-corrected chi connectivity index (χ0v) is 17.4. The Morgan fingerprint density at radius 1 is 1.07 bits per heavy atom. The summed E-state index contributed by atoms with van der Waals surface area (Å²) in [4.78, 5) is 17.1. The first-order chi connectivity index (χ1) is 13.8. The van der Waals surface area contributed by atoms with E-state index in [1.165, 1.54) is 6.07 Å². The quantitative estimate of drug-likeness (QED) is 0.553. The van der Waals surface area contributed by atoms with Crippen LogP contribution in [0.3, 0.4) is 0 Å². The third-order valence-electron chi connectivity index (χ3n) is 4.42. The molecule has 1 aliphatic heterocycles.